The Hall–Kier alpha value is -0.930. The van der Waals surface area contributed by atoms with Crippen LogP contribution in [0.2, 0.25) is 5.02 Å². The van der Waals surface area contributed by atoms with E-state index in [9.17, 15) is 0 Å². The second-order valence-electron chi connectivity index (χ2n) is 4.91. The van der Waals surface area contributed by atoms with Crippen LogP contribution in [0.5, 0.6) is 11.5 Å². The molecule has 0 amide bonds. The summed E-state index contributed by atoms with van der Waals surface area (Å²) in [6.07, 6.45) is 3.84. The predicted molar refractivity (Wildman–Crippen MR) is 84.9 cm³/mol. The van der Waals surface area contributed by atoms with Crippen LogP contribution < -0.4 is 15.2 Å². The fourth-order valence-electron chi connectivity index (χ4n) is 1.97. The molecule has 3 nitrogen and oxygen atoms in total. The van der Waals surface area contributed by atoms with Gasteiger partial charge in [0.05, 0.1) is 18.2 Å². The van der Waals surface area contributed by atoms with Crippen LogP contribution in [0.3, 0.4) is 0 Å². The zero-order valence-corrected chi connectivity index (χ0v) is 13.5. The number of hydrogen-bond acceptors (Lipinski definition) is 3. The maximum Gasteiger partial charge on any atom is 0.138 e. The Bertz CT molecular complexity index is 410. The Balaban J connectivity index is 3.04. The molecule has 1 unspecified atom stereocenters. The van der Waals surface area contributed by atoms with Gasteiger partial charge in [-0.05, 0) is 25.3 Å². The van der Waals surface area contributed by atoms with Gasteiger partial charge in [0.15, 0.2) is 0 Å². The molecule has 2 N–H and O–H groups in total. The molecule has 0 aliphatic rings. The molecule has 114 valence electrons. The van der Waals surface area contributed by atoms with Crippen LogP contribution in [0.15, 0.2) is 12.1 Å². The minimum Gasteiger partial charge on any atom is -0.493 e. The highest BCUT2D eigenvalue weighted by molar-refractivity contribution is 6.32. The summed E-state index contributed by atoms with van der Waals surface area (Å²) in [6, 6.07) is 3.71. The largest absolute Gasteiger partial charge is 0.493 e. The average molecular weight is 300 g/mol. The summed E-state index contributed by atoms with van der Waals surface area (Å²) in [5.41, 5.74) is 7.23. The van der Waals surface area contributed by atoms with Gasteiger partial charge >= 0.3 is 0 Å². The molecule has 0 bridgehead atoms. The Morgan fingerprint density at radius 1 is 1.00 bits per heavy atom. The fraction of sp³-hybridized carbons (Fsp3) is 0.625. The maximum absolute atomic E-state index is 6.25. The summed E-state index contributed by atoms with van der Waals surface area (Å²) < 4.78 is 11.4. The van der Waals surface area contributed by atoms with Crippen LogP contribution in [0, 0.1) is 0 Å². The molecule has 0 saturated heterocycles. The van der Waals surface area contributed by atoms with Crippen LogP contribution >= 0.6 is 11.6 Å². The Kier molecular flexibility index (Phi) is 7.78. The van der Waals surface area contributed by atoms with Crippen molar-refractivity contribution in [2.75, 3.05) is 13.2 Å². The SMILES string of the molecule is CCCOc1cc(C(N)CCC)c(OCCC)cc1Cl. The monoisotopic (exact) mass is 299 g/mol. The van der Waals surface area contributed by atoms with E-state index >= 15 is 0 Å². The Labute approximate surface area is 127 Å². The summed E-state index contributed by atoms with van der Waals surface area (Å²) in [5.74, 6) is 1.47. The van der Waals surface area contributed by atoms with Crippen LogP contribution in [0.25, 0.3) is 0 Å². The van der Waals surface area contributed by atoms with E-state index < -0.39 is 0 Å². The lowest BCUT2D eigenvalue weighted by Gasteiger charge is -2.19. The predicted octanol–water partition coefficient (Wildman–Crippen LogP) is 4.72. The van der Waals surface area contributed by atoms with Gasteiger partial charge in [-0.15, -0.1) is 0 Å². The number of nitrogens with two attached hydrogens (primary N) is 1. The van der Waals surface area contributed by atoms with Gasteiger partial charge in [0.2, 0.25) is 0 Å². The number of hydrogen-bond donors (Lipinski definition) is 1. The molecule has 1 atom stereocenters. The van der Waals surface area contributed by atoms with E-state index in [0.29, 0.717) is 24.0 Å². The third kappa shape index (κ3) is 4.88. The zero-order valence-electron chi connectivity index (χ0n) is 12.7. The topological polar surface area (TPSA) is 44.5 Å². The van der Waals surface area contributed by atoms with E-state index in [0.717, 1.165) is 37.0 Å². The first kappa shape index (κ1) is 17.1. The normalized spacial score (nSPS) is 12.2. The van der Waals surface area contributed by atoms with Crippen molar-refractivity contribution in [1.82, 2.24) is 0 Å². The van der Waals surface area contributed by atoms with Crippen LogP contribution in [0.1, 0.15) is 58.1 Å². The van der Waals surface area contributed by atoms with E-state index in [1.54, 1.807) is 0 Å². The van der Waals surface area contributed by atoms with Gasteiger partial charge in [-0.1, -0.05) is 38.8 Å². The number of ether oxygens (including phenoxy) is 2. The van der Waals surface area contributed by atoms with Crippen molar-refractivity contribution < 1.29 is 9.47 Å². The molecular weight excluding hydrogens is 274 g/mol. The van der Waals surface area contributed by atoms with Crippen molar-refractivity contribution in [3.05, 3.63) is 22.7 Å². The average Bonchev–Trinajstić information content (AvgIpc) is 2.44. The highest BCUT2D eigenvalue weighted by Gasteiger charge is 2.16. The molecule has 20 heavy (non-hydrogen) atoms. The molecule has 0 aromatic heterocycles. The molecule has 0 saturated carbocycles. The third-order valence-corrected chi connectivity index (χ3v) is 3.28. The van der Waals surface area contributed by atoms with Crippen molar-refractivity contribution in [1.29, 1.82) is 0 Å². The standard InChI is InChI=1S/C16H26ClNO2/c1-4-7-14(18)12-10-16(20-9-6-3)13(17)11-15(12)19-8-5-2/h10-11,14H,4-9,18H2,1-3H3. The van der Waals surface area contributed by atoms with Crippen molar-refractivity contribution in [3.8, 4) is 11.5 Å². The lowest BCUT2D eigenvalue weighted by Crippen LogP contribution is -2.13. The molecule has 0 aliphatic heterocycles. The molecule has 0 heterocycles. The summed E-state index contributed by atoms with van der Waals surface area (Å²) in [6.45, 7) is 7.58. The first-order valence-corrected chi connectivity index (χ1v) is 7.86. The van der Waals surface area contributed by atoms with Gasteiger partial charge in [0, 0.05) is 17.7 Å². The number of rotatable bonds is 9. The molecule has 0 aliphatic carbocycles. The second-order valence-corrected chi connectivity index (χ2v) is 5.32. The third-order valence-electron chi connectivity index (χ3n) is 2.99. The summed E-state index contributed by atoms with van der Waals surface area (Å²) in [7, 11) is 0. The van der Waals surface area contributed by atoms with Gasteiger partial charge in [-0.2, -0.15) is 0 Å². The maximum atomic E-state index is 6.25. The molecular formula is C16H26ClNO2. The quantitative estimate of drug-likeness (QED) is 0.717. The van der Waals surface area contributed by atoms with E-state index in [1.165, 1.54) is 0 Å². The highest BCUT2D eigenvalue weighted by Crippen LogP contribution is 2.36. The summed E-state index contributed by atoms with van der Waals surface area (Å²) in [4.78, 5) is 0. The van der Waals surface area contributed by atoms with Crippen molar-refractivity contribution in [2.24, 2.45) is 5.73 Å². The summed E-state index contributed by atoms with van der Waals surface area (Å²) in [5, 5.41) is 0.581. The minimum atomic E-state index is -0.0481. The van der Waals surface area contributed by atoms with Crippen LogP contribution in [0.4, 0.5) is 0 Å². The van der Waals surface area contributed by atoms with Crippen LogP contribution in [-0.2, 0) is 0 Å². The molecule has 1 rings (SSSR count). The van der Waals surface area contributed by atoms with E-state index in [1.807, 2.05) is 12.1 Å². The minimum absolute atomic E-state index is 0.0481. The van der Waals surface area contributed by atoms with Crippen molar-refractivity contribution in [2.45, 2.75) is 52.5 Å². The Morgan fingerprint density at radius 2 is 1.60 bits per heavy atom. The fourth-order valence-corrected chi connectivity index (χ4v) is 2.17. The first-order valence-electron chi connectivity index (χ1n) is 7.48. The Morgan fingerprint density at radius 3 is 2.15 bits per heavy atom. The van der Waals surface area contributed by atoms with E-state index in [2.05, 4.69) is 20.8 Å². The van der Waals surface area contributed by atoms with E-state index in [-0.39, 0.29) is 6.04 Å². The highest BCUT2D eigenvalue weighted by atomic mass is 35.5. The molecule has 0 fully saturated rings. The molecule has 0 radical (unpaired) electrons. The first-order chi connectivity index (χ1) is 9.63. The molecule has 0 spiro atoms. The second kappa shape index (κ2) is 9.09. The zero-order chi connectivity index (χ0) is 15.0. The van der Waals surface area contributed by atoms with Crippen molar-refractivity contribution in [3.63, 3.8) is 0 Å². The lowest BCUT2D eigenvalue weighted by atomic mass is 10.0. The molecule has 1 aromatic carbocycles. The van der Waals surface area contributed by atoms with Gasteiger partial charge in [0.1, 0.15) is 11.5 Å². The van der Waals surface area contributed by atoms with E-state index in [4.69, 9.17) is 26.8 Å². The molecule has 4 heteroatoms. The number of benzene rings is 1. The van der Waals surface area contributed by atoms with Gasteiger partial charge in [0.25, 0.3) is 0 Å². The van der Waals surface area contributed by atoms with Crippen molar-refractivity contribution >= 4 is 11.6 Å². The molecule has 1 aromatic rings. The van der Waals surface area contributed by atoms with Gasteiger partial charge in [-0.25, -0.2) is 0 Å². The van der Waals surface area contributed by atoms with Crippen LogP contribution in [-0.4, -0.2) is 13.2 Å². The number of halogens is 1. The summed E-state index contributed by atoms with van der Waals surface area (Å²) >= 11 is 6.25. The van der Waals surface area contributed by atoms with Gasteiger partial charge in [-0.3, -0.25) is 0 Å². The lowest BCUT2D eigenvalue weighted by molar-refractivity contribution is 0.303. The van der Waals surface area contributed by atoms with Gasteiger partial charge < -0.3 is 15.2 Å². The smallest absolute Gasteiger partial charge is 0.138 e.